The second-order valence-corrected chi connectivity index (χ2v) is 8.99. The number of aromatic nitrogens is 3. The quantitative estimate of drug-likeness (QED) is 0.420. The molecule has 6 nitrogen and oxygen atoms in total. The SMILES string of the molecule is CO[C@@](C)(C(=O)CCc1ccc(Cl)c(-c2nc(-c3cccc(C(C)C)c3)nc(=O)[nH]2)c1)C(F)(F)F. The predicted octanol–water partition coefficient (Wildman–Crippen LogP) is 5.74. The Morgan fingerprint density at radius 3 is 2.49 bits per heavy atom. The summed E-state index contributed by atoms with van der Waals surface area (Å²) in [7, 11) is 0.853. The molecule has 1 aromatic heterocycles. The van der Waals surface area contributed by atoms with Gasteiger partial charge < -0.3 is 4.74 Å². The largest absolute Gasteiger partial charge is 0.424 e. The van der Waals surface area contributed by atoms with Crippen molar-refractivity contribution in [2.45, 2.75) is 51.3 Å². The van der Waals surface area contributed by atoms with Gasteiger partial charge in [0, 0.05) is 24.7 Å². The van der Waals surface area contributed by atoms with Crippen molar-refractivity contribution in [3.05, 3.63) is 69.1 Å². The maximum Gasteiger partial charge on any atom is 0.424 e. The minimum atomic E-state index is -4.84. The normalized spacial score (nSPS) is 13.6. The lowest BCUT2D eigenvalue weighted by Crippen LogP contribution is -2.51. The van der Waals surface area contributed by atoms with Gasteiger partial charge in [0.05, 0.1) is 5.02 Å². The van der Waals surface area contributed by atoms with Gasteiger partial charge in [-0.05, 0) is 48.6 Å². The fourth-order valence-corrected chi connectivity index (χ4v) is 3.68. The molecule has 3 rings (SSSR count). The molecule has 1 atom stereocenters. The zero-order chi connectivity index (χ0) is 26.0. The number of H-pyrrole nitrogens is 1. The van der Waals surface area contributed by atoms with Gasteiger partial charge in [0.2, 0.25) is 5.60 Å². The average molecular weight is 508 g/mol. The number of carbonyl (C=O) groups excluding carboxylic acids is 1. The van der Waals surface area contributed by atoms with E-state index in [4.69, 9.17) is 11.6 Å². The van der Waals surface area contributed by atoms with Crippen LogP contribution in [0.25, 0.3) is 22.8 Å². The molecular weight excluding hydrogens is 483 g/mol. The summed E-state index contributed by atoms with van der Waals surface area (Å²) >= 11 is 6.35. The molecule has 0 saturated heterocycles. The van der Waals surface area contributed by atoms with Crippen LogP contribution in [0.5, 0.6) is 0 Å². The van der Waals surface area contributed by atoms with Gasteiger partial charge in [-0.3, -0.25) is 9.78 Å². The summed E-state index contributed by atoms with van der Waals surface area (Å²) < 4.78 is 44.4. The molecule has 186 valence electrons. The van der Waals surface area contributed by atoms with Crippen LogP contribution in [-0.2, 0) is 16.0 Å². The van der Waals surface area contributed by atoms with E-state index in [0.29, 0.717) is 23.6 Å². The molecule has 3 aromatic rings. The van der Waals surface area contributed by atoms with E-state index in [9.17, 15) is 22.8 Å². The number of nitrogens with one attached hydrogen (secondary N) is 1. The number of Topliss-reactive ketones (excluding diaryl/α,β-unsaturated/α-hetero) is 1. The molecule has 2 aromatic carbocycles. The lowest BCUT2D eigenvalue weighted by Gasteiger charge is -2.29. The summed E-state index contributed by atoms with van der Waals surface area (Å²) in [5.74, 6) is -0.455. The number of methoxy groups -OCH3 is 1. The second-order valence-electron chi connectivity index (χ2n) is 8.58. The van der Waals surface area contributed by atoms with Crippen LogP contribution in [0.2, 0.25) is 5.02 Å². The van der Waals surface area contributed by atoms with E-state index in [2.05, 4.69) is 19.7 Å². The van der Waals surface area contributed by atoms with Crippen molar-refractivity contribution in [2.24, 2.45) is 0 Å². The first-order valence-electron chi connectivity index (χ1n) is 10.9. The van der Waals surface area contributed by atoms with E-state index < -0.39 is 29.7 Å². The Morgan fingerprint density at radius 2 is 1.86 bits per heavy atom. The van der Waals surface area contributed by atoms with E-state index in [1.807, 2.05) is 32.0 Å². The minimum absolute atomic E-state index is 0.0106. The van der Waals surface area contributed by atoms with Crippen LogP contribution in [0, 0.1) is 0 Å². The number of hydrogen-bond donors (Lipinski definition) is 1. The number of nitrogens with zero attached hydrogens (tertiary/aromatic N) is 2. The summed E-state index contributed by atoms with van der Waals surface area (Å²) in [5, 5.41) is 0.272. The molecule has 35 heavy (non-hydrogen) atoms. The van der Waals surface area contributed by atoms with E-state index in [1.54, 1.807) is 18.2 Å². The maximum absolute atomic E-state index is 13.3. The monoisotopic (exact) mass is 507 g/mol. The molecule has 1 heterocycles. The maximum atomic E-state index is 13.3. The minimum Gasteiger partial charge on any atom is -0.362 e. The van der Waals surface area contributed by atoms with Crippen molar-refractivity contribution >= 4 is 17.4 Å². The predicted molar refractivity (Wildman–Crippen MR) is 127 cm³/mol. The molecule has 0 saturated carbocycles. The van der Waals surface area contributed by atoms with E-state index in [1.165, 1.54) is 6.07 Å². The highest BCUT2D eigenvalue weighted by atomic mass is 35.5. The van der Waals surface area contributed by atoms with Crippen molar-refractivity contribution in [1.82, 2.24) is 15.0 Å². The number of alkyl halides is 3. The number of aromatic amines is 1. The highest BCUT2D eigenvalue weighted by Gasteiger charge is 2.56. The summed E-state index contributed by atoms with van der Waals surface area (Å²) in [6, 6.07) is 12.2. The highest BCUT2D eigenvalue weighted by Crippen LogP contribution is 2.35. The molecule has 0 spiro atoms. The lowest BCUT2D eigenvalue weighted by molar-refractivity contribution is -0.252. The molecule has 10 heteroatoms. The number of benzene rings is 2. The van der Waals surface area contributed by atoms with Crippen LogP contribution in [0.4, 0.5) is 13.2 Å². The smallest absolute Gasteiger partial charge is 0.362 e. The topological polar surface area (TPSA) is 84.9 Å². The van der Waals surface area contributed by atoms with E-state index >= 15 is 0 Å². The second kappa shape index (κ2) is 10.3. The van der Waals surface area contributed by atoms with Crippen molar-refractivity contribution < 1.29 is 22.7 Å². The van der Waals surface area contributed by atoms with Crippen molar-refractivity contribution in [3.63, 3.8) is 0 Å². The van der Waals surface area contributed by atoms with Crippen LogP contribution in [0.3, 0.4) is 0 Å². The van der Waals surface area contributed by atoms with Crippen LogP contribution < -0.4 is 5.69 Å². The fraction of sp³-hybridized carbons (Fsp3) is 0.360. The molecule has 1 N–H and O–H groups in total. The van der Waals surface area contributed by atoms with Gasteiger partial charge in [0.15, 0.2) is 11.6 Å². The Hall–Kier alpha value is -3.04. The molecule has 0 aliphatic heterocycles. The summed E-state index contributed by atoms with van der Waals surface area (Å²) in [5.41, 5.74) is -0.895. The Balaban J connectivity index is 1.93. The van der Waals surface area contributed by atoms with Gasteiger partial charge in [0.25, 0.3) is 0 Å². The first-order valence-corrected chi connectivity index (χ1v) is 11.3. The van der Waals surface area contributed by atoms with Crippen LogP contribution in [0.1, 0.15) is 44.2 Å². The van der Waals surface area contributed by atoms with Gasteiger partial charge in [0.1, 0.15) is 5.82 Å². The molecule has 0 radical (unpaired) electrons. The molecule has 0 unspecified atom stereocenters. The standard InChI is InChI=1S/C25H25ClF3N3O3/c1-14(2)16-6-5-7-17(13-16)21-30-22(32-23(34)31-21)18-12-15(8-10-19(18)26)9-11-20(33)24(3,35-4)25(27,28)29/h5-8,10,12-14H,9,11H2,1-4H3,(H,30,31,32,34)/t24-/m0/s1. The van der Waals surface area contributed by atoms with Crippen LogP contribution in [0.15, 0.2) is 47.3 Å². The molecule has 0 bridgehead atoms. The molecule has 0 fully saturated rings. The first kappa shape index (κ1) is 26.6. The van der Waals surface area contributed by atoms with Gasteiger partial charge >= 0.3 is 11.9 Å². The average Bonchev–Trinajstić information content (AvgIpc) is 2.81. The third-order valence-corrected chi connectivity index (χ3v) is 6.20. The third-order valence-electron chi connectivity index (χ3n) is 5.87. The number of carbonyl (C=O) groups is 1. The van der Waals surface area contributed by atoms with Crippen molar-refractivity contribution in [1.29, 1.82) is 0 Å². The van der Waals surface area contributed by atoms with Crippen LogP contribution >= 0.6 is 11.6 Å². The number of rotatable bonds is 8. The van der Waals surface area contributed by atoms with Crippen molar-refractivity contribution in [2.75, 3.05) is 7.11 Å². The Bertz CT molecular complexity index is 1290. The zero-order valence-corrected chi connectivity index (χ0v) is 20.4. The number of aryl methyl sites for hydroxylation is 1. The zero-order valence-electron chi connectivity index (χ0n) is 19.7. The summed E-state index contributed by atoms with van der Waals surface area (Å²) in [6.45, 7) is 4.80. The van der Waals surface area contributed by atoms with Gasteiger partial charge in [-0.1, -0.05) is 49.7 Å². The summed E-state index contributed by atoms with van der Waals surface area (Å²) in [6.07, 6.45) is -5.23. The van der Waals surface area contributed by atoms with Crippen molar-refractivity contribution in [3.8, 4) is 22.8 Å². The number of hydrogen-bond acceptors (Lipinski definition) is 5. The highest BCUT2D eigenvalue weighted by molar-refractivity contribution is 6.33. The number of halogens is 4. The van der Waals surface area contributed by atoms with E-state index in [0.717, 1.165) is 12.7 Å². The Kier molecular flexibility index (Phi) is 7.81. The van der Waals surface area contributed by atoms with Gasteiger partial charge in [-0.25, -0.2) is 9.78 Å². The Labute approximate surface area is 205 Å². The fourth-order valence-electron chi connectivity index (χ4n) is 3.47. The summed E-state index contributed by atoms with van der Waals surface area (Å²) in [4.78, 5) is 35.6. The number of ketones is 1. The first-order chi connectivity index (χ1) is 16.4. The van der Waals surface area contributed by atoms with Gasteiger partial charge in [-0.2, -0.15) is 18.2 Å². The lowest BCUT2D eigenvalue weighted by atomic mass is 9.94. The number of ether oxygens (including phenoxy) is 1. The van der Waals surface area contributed by atoms with Crippen LogP contribution in [-0.4, -0.2) is 39.6 Å². The van der Waals surface area contributed by atoms with Gasteiger partial charge in [-0.15, -0.1) is 0 Å². The third kappa shape index (κ3) is 5.79. The Morgan fingerprint density at radius 1 is 1.14 bits per heavy atom. The molecule has 0 amide bonds. The molecule has 0 aliphatic rings. The molecule has 0 aliphatic carbocycles. The molecular formula is C25H25ClF3N3O3. The van der Waals surface area contributed by atoms with E-state index in [-0.39, 0.29) is 29.0 Å².